The third-order valence-electron chi connectivity index (χ3n) is 2.91. The Morgan fingerprint density at radius 3 is 2.89 bits per heavy atom. The van der Waals surface area contributed by atoms with Crippen LogP contribution < -0.4 is 11.4 Å². The Morgan fingerprint density at radius 1 is 1.32 bits per heavy atom. The maximum Gasteiger partial charge on any atom is 0.347 e. The Morgan fingerprint density at radius 2 is 2.16 bits per heavy atom. The zero-order chi connectivity index (χ0) is 13.7. The van der Waals surface area contributed by atoms with Gasteiger partial charge in [-0.25, -0.2) is 18.9 Å². The number of nitrogens with zero attached hydrogens (tertiary/aromatic N) is 2. The summed E-state index contributed by atoms with van der Waals surface area (Å²) < 4.78 is 14.6. The Kier molecular flexibility index (Phi) is 4.46. The van der Waals surface area contributed by atoms with Crippen LogP contribution in [0.4, 0.5) is 4.39 Å². The lowest BCUT2D eigenvalue weighted by Gasteiger charge is -2.05. The molecule has 0 radical (unpaired) electrons. The number of rotatable bonds is 6. The van der Waals surface area contributed by atoms with E-state index in [0.29, 0.717) is 24.5 Å². The zero-order valence-electron chi connectivity index (χ0n) is 10.6. The van der Waals surface area contributed by atoms with Crippen LogP contribution in [0.3, 0.4) is 0 Å². The molecule has 0 aliphatic heterocycles. The average molecular weight is 264 g/mol. The van der Waals surface area contributed by atoms with E-state index < -0.39 is 0 Å². The summed E-state index contributed by atoms with van der Waals surface area (Å²) in [6.07, 6.45) is 3.50. The number of halogens is 1. The number of aryl methyl sites for hydroxylation is 1. The van der Waals surface area contributed by atoms with E-state index in [4.69, 9.17) is 5.73 Å². The van der Waals surface area contributed by atoms with Crippen molar-refractivity contribution in [3.63, 3.8) is 0 Å². The van der Waals surface area contributed by atoms with Crippen molar-refractivity contribution in [2.75, 3.05) is 6.54 Å². The van der Waals surface area contributed by atoms with Gasteiger partial charge in [0.1, 0.15) is 11.6 Å². The second-order valence-corrected chi connectivity index (χ2v) is 4.36. The van der Waals surface area contributed by atoms with Crippen LogP contribution in [0.25, 0.3) is 5.69 Å². The molecular formula is C13H17FN4O. The van der Waals surface area contributed by atoms with Crippen LogP contribution in [0, 0.1) is 5.82 Å². The van der Waals surface area contributed by atoms with Crippen molar-refractivity contribution in [2.24, 2.45) is 5.73 Å². The third-order valence-corrected chi connectivity index (χ3v) is 2.91. The molecule has 0 saturated carbocycles. The van der Waals surface area contributed by atoms with Crippen LogP contribution in [0.1, 0.15) is 25.1 Å². The molecule has 1 aromatic heterocycles. The van der Waals surface area contributed by atoms with E-state index >= 15 is 0 Å². The van der Waals surface area contributed by atoms with E-state index in [2.05, 4.69) is 10.2 Å². The zero-order valence-corrected chi connectivity index (χ0v) is 10.6. The lowest BCUT2D eigenvalue weighted by molar-refractivity contribution is 0.624. The number of benzene rings is 1. The van der Waals surface area contributed by atoms with Gasteiger partial charge in [0.15, 0.2) is 0 Å². The average Bonchev–Trinajstić information content (AvgIpc) is 2.76. The number of aromatic amines is 1. The fourth-order valence-corrected chi connectivity index (χ4v) is 1.98. The Hall–Kier alpha value is -1.95. The standard InChI is InChI=1S/C13H17FN4O/c14-10-5-4-6-11(9-10)18-12(16-17-13(18)19)7-2-1-3-8-15/h4-6,9H,1-3,7-8,15H2,(H,17,19). The molecule has 102 valence electrons. The largest absolute Gasteiger partial charge is 0.347 e. The fourth-order valence-electron chi connectivity index (χ4n) is 1.98. The molecule has 0 amide bonds. The second-order valence-electron chi connectivity index (χ2n) is 4.36. The highest BCUT2D eigenvalue weighted by Crippen LogP contribution is 2.11. The van der Waals surface area contributed by atoms with Crippen LogP contribution in [0.15, 0.2) is 29.1 Å². The van der Waals surface area contributed by atoms with Gasteiger partial charge in [-0.2, -0.15) is 5.10 Å². The van der Waals surface area contributed by atoms with Crippen LogP contribution in [-0.2, 0) is 6.42 Å². The minimum atomic E-state index is -0.375. The van der Waals surface area contributed by atoms with Crippen molar-refractivity contribution in [3.05, 3.63) is 46.4 Å². The quantitative estimate of drug-likeness (QED) is 0.774. The fraction of sp³-hybridized carbons (Fsp3) is 0.385. The molecule has 0 spiro atoms. The van der Waals surface area contributed by atoms with Crippen molar-refractivity contribution >= 4 is 0 Å². The number of hydrogen-bond donors (Lipinski definition) is 2. The Bertz CT molecular complexity index is 590. The molecule has 0 unspecified atom stereocenters. The molecule has 0 bridgehead atoms. The molecule has 19 heavy (non-hydrogen) atoms. The van der Waals surface area contributed by atoms with Gasteiger partial charge in [-0.1, -0.05) is 12.5 Å². The second kappa shape index (κ2) is 6.29. The van der Waals surface area contributed by atoms with E-state index in [9.17, 15) is 9.18 Å². The van der Waals surface area contributed by atoms with Crippen molar-refractivity contribution in [3.8, 4) is 5.69 Å². The number of hydrogen-bond acceptors (Lipinski definition) is 3. The van der Waals surface area contributed by atoms with Gasteiger partial charge in [0.25, 0.3) is 0 Å². The molecule has 2 aromatic rings. The predicted octanol–water partition coefficient (Wildman–Crippen LogP) is 1.37. The number of nitrogens with one attached hydrogen (secondary N) is 1. The molecule has 6 heteroatoms. The summed E-state index contributed by atoms with van der Waals surface area (Å²) in [4.78, 5) is 11.7. The van der Waals surface area contributed by atoms with Gasteiger partial charge in [-0.15, -0.1) is 0 Å². The van der Waals surface area contributed by atoms with Gasteiger partial charge >= 0.3 is 5.69 Å². The van der Waals surface area contributed by atoms with Gasteiger partial charge in [-0.3, -0.25) is 0 Å². The highest BCUT2D eigenvalue weighted by molar-refractivity contribution is 5.32. The first-order valence-electron chi connectivity index (χ1n) is 6.34. The minimum absolute atomic E-state index is 0.348. The van der Waals surface area contributed by atoms with E-state index in [-0.39, 0.29) is 11.5 Å². The molecule has 2 rings (SSSR count). The van der Waals surface area contributed by atoms with Gasteiger partial charge in [0.05, 0.1) is 5.69 Å². The van der Waals surface area contributed by atoms with Crippen LogP contribution in [-0.4, -0.2) is 21.3 Å². The van der Waals surface area contributed by atoms with Gasteiger partial charge in [0, 0.05) is 6.42 Å². The maximum absolute atomic E-state index is 13.2. The maximum atomic E-state index is 13.2. The number of H-pyrrole nitrogens is 1. The first-order valence-corrected chi connectivity index (χ1v) is 6.34. The summed E-state index contributed by atoms with van der Waals surface area (Å²) in [6, 6.07) is 5.92. The van der Waals surface area contributed by atoms with Crippen molar-refractivity contribution in [1.29, 1.82) is 0 Å². The monoisotopic (exact) mass is 264 g/mol. The lowest BCUT2D eigenvalue weighted by Crippen LogP contribution is -2.17. The molecule has 0 fully saturated rings. The van der Waals surface area contributed by atoms with Crippen molar-refractivity contribution in [1.82, 2.24) is 14.8 Å². The van der Waals surface area contributed by atoms with Gasteiger partial charge in [0.2, 0.25) is 0 Å². The highest BCUT2D eigenvalue weighted by atomic mass is 19.1. The summed E-state index contributed by atoms with van der Waals surface area (Å²) in [5.41, 5.74) is 5.58. The Labute approximate surface area is 110 Å². The van der Waals surface area contributed by atoms with E-state index in [0.717, 1.165) is 19.3 Å². The first kappa shape index (κ1) is 13.5. The molecule has 0 aliphatic carbocycles. The van der Waals surface area contributed by atoms with E-state index in [1.807, 2.05) is 0 Å². The minimum Gasteiger partial charge on any atom is -0.330 e. The molecule has 0 saturated heterocycles. The molecule has 1 aromatic carbocycles. The van der Waals surface area contributed by atoms with Gasteiger partial charge in [-0.05, 0) is 37.6 Å². The SMILES string of the molecule is NCCCCCc1n[nH]c(=O)n1-c1cccc(F)c1. The van der Waals surface area contributed by atoms with E-state index in [1.54, 1.807) is 12.1 Å². The topological polar surface area (TPSA) is 76.7 Å². The van der Waals surface area contributed by atoms with Crippen LogP contribution in [0.5, 0.6) is 0 Å². The number of nitrogens with two attached hydrogens (primary N) is 1. The van der Waals surface area contributed by atoms with E-state index in [1.165, 1.54) is 16.7 Å². The first-order chi connectivity index (χ1) is 9.22. The Balaban J connectivity index is 2.20. The summed E-state index contributed by atoms with van der Waals surface area (Å²) in [5.74, 6) is 0.243. The van der Waals surface area contributed by atoms with Crippen LogP contribution >= 0.6 is 0 Å². The highest BCUT2D eigenvalue weighted by Gasteiger charge is 2.10. The molecule has 0 aliphatic rings. The summed E-state index contributed by atoms with van der Waals surface area (Å²) >= 11 is 0. The normalized spacial score (nSPS) is 10.8. The molecule has 0 atom stereocenters. The third kappa shape index (κ3) is 3.29. The number of unbranched alkanes of at least 4 members (excludes halogenated alkanes) is 2. The van der Waals surface area contributed by atoms with Crippen molar-refractivity contribution in [2.45, 2.75) is 25.7 Å². The predicted molar refractivity (Wildman–Crippen MR) is 70.8 cm³/mol. The lowest BCUT2D eigenvalue weighted by atomic mass is 10.2. The number of aromatic nitrogens is 3. The van der Waals surface area contributed by atoms with Crippen LogP contribution in [0.2, 0.25) is 0 Å². The smallest absolute Gasteiger partial charge is 0.330 e. The molecule has 3 N–H and O–H groups in total. The summed E-state index contributed by atoms with van der Waals surface area (Å²) in [5, 5.41) is 6.40. The summed E-state index contributed by atoms with van der Waals surface area (Å²) in [7, 11) is 0. The molecule has 5 nitrogen and oxygen atoms in total. The van der Waals surface area contributed by atoms with Gasteiger partial charge < -0.3 is 5.73 Å². The summed E-state index contributed by atoms with van der Waals surface area (Å²) in [6.45, 7) is 0.664. The molecular weight excluding hydrogens is 247 g/mol. The molecule has 1 heterocycles. The van der Waals surface area contributed by atoms with Crippen molar-refractivity contribution < 1.29 is 4.39 Å².